The number of nitrogens with zero attached hydrogens (tertiary/aromatic N) is 3. The molecule has 4 rings (SSSR count). The first-order valence-electron chi connectivity index (χ1n) is 9.69. The van der Waals surface area contributed by atoms with E-state index in [0.717, 1.165) is 0 Å². The number of rotatable bonds is 4. The third-order valence-electron chi connectivity index (χ3n) is 5.40. The monoisotopic (exact) mass is 413 g/mol. The SMILES string of the molecule is CCOC(=O)c1cnc(SC)nc1N1CCC2(CC1)CC(=O)c1ccccc1O2. The predicted molar refractivity (Wildman–Crippen MR) is 110 cm³/mol. The van der Waals surface area contributed by atoms with E-state index in [1.54, 1.807) is 6.92 Å². The van der Waals surface area contributed by atoms with Crippen molar-refractivity contribution in [2.45, 2.75) is 36.9 Å². The molecule has 0 aliphatic carbocycles. The van der Waals surface area contributed by atoms with Crippen LogP contribution >= 0.6 is 11.8 Å². The van der Waals surface area contributed by atoms with Gasteiger partial charge in [0.15, 0.2) is 10.9 Å². The minimum absolute atomic E-state index is 0.124. The Balaban J connectivity index is 1.56. The maximum absolute atomic E-state index is 12.6. The molecule has 1 fully saturated rings. The molecule has 2 aromatic rings. The van der Waals surface area contributed by atoms with Gasteiger partial charge in [0, 0.05) is 32.1 Å². The standard InChI is InChI=1S/C21H23N3O4S/c1-3-27-19(26)15-13-22-20(29-2)23-18(15)24-10-8-21(9-11-24)12-16(25)14-6-4-5-7-17(14)28-21/h4-7,13H,3,8-12H2,1-2H3. The molecule has 1 aromatic heterocycles. The van der Waals surface area contributed by atoms with Crippen LogP contribution in [-0.2, 0) is 4.74 Å². The van der Waals surface area contributed by atoms with Gasteiger partial charge in [0.05, 0.1) is 18.6 Å². The molecule has 8 heteroatoms. The van der Waals surface area contributed by atoms with Gasteiger partial charge in [-0.3, -0.25) is 4.79 Å². The van der Waals surface area contributed by atoms with Gasteiger partial charge in [0.25, 0.3) is 0 Å². The quantitative estimate of drug-likeness (QED) is 0.429. The summed E-state index contributed by atoms with van der Waals surface area (Å²) in [6.45, 7) is 3.33. The lowest BCUT2D eigenvalue weighted by Gasteiger charge is -2.44. The molecule has 1 saturated heterocycles. The van der Waals surface area contributed by atoms with Gasteiger partial charge in [0.1, 0.15) is 22.7 Å². The molecule has 0 atom stereocenters. The van der Waals surface area contributed by atoms with Crippen molar-refractivity contribution in [3.05, 3.63) is 41.6 Å². The van der Waals surface area contributed by atoms with E-state index in [2.05, 4.69) is 14.9 Å². The van der Waals surface area contributed by atoms with E-state index in [4.69, 9.17) is 9.47 Å². The van der Waals surface area contributed by atoms with Gasteiger partial charge in [-0.15, -0.1) is 0 Å². The van der Waals surface area contributed by atoms with Crippen molar-refractivity contribution in [1.82, 2.24) is 9.97 Å². The van der Waals surface area contributed by atoms with E-state index in [9.17, 15) is 9.59 Å². The maximum atomic E-state index is 12.6. The number of carbonyl (C=O) groups is 2. The van der Waals surface area contributed by atoms with Gasteiger partial charge in [-0.25, -0.2) is 14.8 Å². The number of ketones is 1. The lowest BCUT2D eigenvalue weighted by Crippen LogP contribution is -2.51. The van der Waals surface area contributed by atoms with Crippen LogP contribution < -0.4 is 9.64 Å². The Bertz CT molecular complexity index is 941. The summed E-state index contributed by atoms with van der Waals surface area (Å²) in [5, 5.41) is 0.603. The number of esters is 1. The minimum Gasteiger partial charge on any atom is -0.486 e. The minimum atomic E-state index is -0.499. The second kappa shape index (κ2) is 8.02. The molecule has 3 heterocycles. The van der Waals surface area contributed by atoms with Gasteiger partial charge in [0.2, 0.25) is 0 Å². The summed E-state index contributed by atoms with van der Waals surface area (Å²) < 4.78 is 11.5. The van der Waals surface area contributed by atoms with Crippen molar-refractivity contribution in [3.8, 4) is 5.75 Å². The second-order valence-corrected chi connectivity index (χ2v) is 7.96. The summed E-state index contributed by atoms with van der Waals surface area (Å²) in [6.07, 6.45) is 5.16. The first-order valence-corrected chi connectivity index (χ1v) is 10.9. The Labute approximate surface area is 173 Å². The molecule has 0 N–H and O–H groups in total. The first-order chi connectivity index (χ1) is 14.0. The van der Waals surface area contributed by atoms with Crippen LogP contribution in [0.4, 0.5) is 5.82 Å². The predicted octanol–water partition coefficient (Wildman–Crippen LogP) is 3.38. The Morgan fingerprint density at radius 2 is 2.07 bits per heavy atom. The molecule has 0 saturated carbocycles. The summed E-state index contributed by atoms with van der Waals surface area (Å²) in [4.78, 5) is 35.9. The molecule has 0 unspecified atom stereocenters. The number of para-hydroxylation sites is 1. The summed E-state index contributed by atoms with van der Waals surface area (Å²) in [5.74, 6) is 0.948. The Morgan fingerprint density at radius 3 is 2.79 bits per heavy atom. The highest BCUT2D eigenvalue weighted by atomic mass is 32.2. The second-order valence-electron chi connectivity index (χ2n) is 7.18. The van der Waals surface area contributed by atoms with Crippen LogP contribution in [0.3, 0.4) is 0 Å². The zero-order valence-corrected chi connectivity index (χ0v) is 17.3. The van der Waals surface area contributed by atoms with Crippen molar-refractivity contribution < 1.29 is 19.1 Å². The molecule has 152 valence electrons. The largest absolute Gasteiger partial charge is 0.486 e. The first kappa shape index (κ1) is 19.7. The van der Waals surface area contributed by atoms with E-state index in [-0.39, 0.29) is 5.78 Å². The fraction of sp³-hybridized carbons (Fsp3) is 0.429. The molecule has 0 radical (unpaired) electrons. The van der Waals surface area contributed by atoms with Crippen LogP contribution in [0, 0.1) is 0 Å². The number of piperidine rings is 1. The van der Waals surface area contributed by atoms with Gasteiger partial charge in [-0.05, 0) is 25.3 Å². The molecule has 29 heavy (non-hydrogen) atoms. The van der Waals surface area contributed by atoms with Crippen molar-refractivity contribution >= 4 is 29.3 Å². The molecule has 2 aliphatic rings. The van der Waals surface area contributed by atoms with Gasteiger partial charge < -0.3 is 14.4 Å². The highest BCUT2D eigenvalue weighted by molar-refractivity contribution is 7.98. The third-order valence-corrected chi connectivity index (χ3v) is 5.96. The lowest BCUT2D eigenvalue weighted by molar-refractivity contribution is 0.0231. The van der Waals surface area contributed by atoms with Crippen molar-refractivity contribution in [2.24, 2.45) is 0 Å². The summed E-state index contributed by atoms with van der Waals surface area (Å²) in [5.41, 5.74) is 0.527. The lowest BCUT2D eigenvalue weighted by atomic mass is 9.82. The molecule has 2 aliphatic heterocycles. The molecular formula is C21H23N3O4S. The fourth-order valence-electron chi connectivity index (χ4n) is 3.90. The smallest absolute Gasteiger partial charge is 0.343 e. The topological polar surface area (TPSA) is 81.6 Å². The average molecular weight is 413 g/mol. The van der Waals surface area contributed by atoms with Crippen LogP contribution in [0.1, 0.15) is 46.9 Å². The van der Waals surface area contributed by atoms with Crippen LogP contribution in [0.2, 0.25) is 0 Å². The number of aromatic nitrogens is 2. The molecule has 0 amide bonds. The third kappa shape index (κ3) is 3.81. The van der Waals surface area contributed by atoms with Crippen LogP contribution in [0.5, 0.6) is 5.75 Å². The number of Topliss-reactive ketones (excluding diaryl/α,β-unsaturated/α-hetero) is 1. The summed E-state index contributed by atoms with van der Waals surface area (Å²) in [6, 6.07) is 7.41. The van der Waals surface area contributed by atoms with Crippen molar-refractivity contribution in [2.75, 3.05) is 30.9 Å². The van der Waals surface area contributed by atoms with E-state index in [1.807, 2.05) is 30.5 Å². The number of ether oxygens (including phenoxy) is 2. The molecule has 1 spiro atoms. The molecule has 0 bridgehead atoms. The van der Waals surface area contributed by atoms with Crippen LogP contribution in [0.15, 0.2) is 35.6 Å². The van der Waals surface area contributed by atoms with E-state index < -0.39 is 11.6 Å². The zero-order chi connectivity index (χ0) is 20.4. The Morgan fingerprint density at radius 1 is 1.31 bits per heavy atom. The number of hydrogen-bond acceptors (Lipinski definition) is 8. The van der Waals surface area contributed by atoms with Crippen molar-refractivity contribution in [1.29, 1.82) is 0 Å². The van der Waals surface area contributed by atoms with Gasteiger partial charge in [-0.1, -0.05) is 23.9 Å². The fourth-order valence-corrected chi connectivity index (χ4v) is 4.23. The highest BCUT2D eigenvalue weighted by Crippen LogP contribution is 2.40. The Kier molecular flexibility index (Phi) is 5.45. The van der Waals surface area contributed by atoms with Gasteiger partial charge >= 0.3 is 5.97 Å². The maximum Gasteiger partial charge on any atom is 0.343 e. The number of anilines is 1. The van der Waals surface area contributed by atoms with E-state index in [1.165, 1.54) is 18.0 Å². The molecule has 7 nitrogen and oxygen atoms in total. The number of benzene rings is 1. The van der Waals surface area contributed by atoms with E-state index >= 15 is 0 Å². The van der Waals surface area contributed by atoms with E-state index in [0.29, 0.717) is 66.8 Å². The summed E-state index contributed by atoms with van der Waals surface area (Å²) >= 11 is 1.42. The molecule has 1 aromatic carbocycles. The van der Waals surface area contributed by atoms with Gasteiger partial charge in [-0.2, -0.15) is 0 Å². The number of hydrogen-bond donors (Lipinski definition) is 0. The summed E-state index contributed by atoms with van der Waals surface area (Å²) in [7, 11) is 0. The molecular weight excluding hydrogens is 390 g/mol. The normalized spacial score (nSPS) is 17.6. The highest BCUT2D eigenvalue weighted by Gasteiger charge is 2.43. The van der Waals surface area contributed by atoms with Crippen LogP contribution in [0.25, 0.3) is 0 Å². The number of fused-ring (bicyclic) bond motifs is 1. The Hall–Kier alpha value is -2.61. The number of thioether (sulfide) groups is 1. The average Bonchev–Trinajstić information content (AvgIpc) is 2.74. The van der Waals surface area contributed by atoms with Crippen LogP contribution in [-0.4, -0.2) is 53.3 Å². The zero-order valence-electron chi connectivity index (χ0n) is 16.5. The number of carbonyl (C=O) groups excluding carboxylic acids is 2. The van der Waals surface area contributed by atoms with Crippen molar-refractivity contribution in [3.63, 3.8) is 0 Å².